The largest absolute Gasteiger partial charge is 0.392 e. The number of rotatable bonds is 4. The highest BCUT2D eigenvalue weighted by molar-refractivity contribution is 5.26. The van der Waals surface area contributed by atoms with Crippen molar-refractivity contribution in [3.63, 3.8) is 0 Å². The number of aryl methyl sites for hydroxylation is 1. The smallest absolute Gasteiger partial charge is 0.0693 e. The van der Waals surface area contributed by atoms with Gasteiger partial charge in [-0.2, -0.15) is 0 Å². The summed E-state index contributed by atoms with van der Waals surface area (Å²) in [6.45, 7) is 3.07. The predicted octanol–water partition coefficient (Wildman–Crippen LogP) is 2.64. The van der Waals surface area contributed by atoms with Gasteiger partial charge in [-0.25, -0.2) is 0 Å². The summed E-state index contributed by atoms with van der Waals surface area (Å²) in [4.78, 5) is 0. The van der Waals surface area contributed by atoms with E-state index in [4.69, 9.17) is 0 Å². The van der Waals surface area contributed by atoms with Gasteiger partial charge in [0.2, 0.25) is 0 Å². The molecule has 0 saturated heterocycles. The fraction of sp³-hybridized carbons (Fsp3) is 0.600. The van der Waals surface area contributed by atoms with Crippen LogP contribution >= 0.6 is 0 Å². The van der Waals surface area contributed by atoms with Crippen molar-refractivity contribution in [2.75, 3.05) is 0 Å². The molecular weight excluding hydrogens is 210 g/mol. The van der Waals surface area contributed by atoms with Crippen molar-refractivity contribution in [2.24, 2.45) is 0 Å². The minimum atomic E-state index is -0.155. The van der Waals surface area contributed by atoms with E-state index in [9.17, 15) is 5.11 Å². The molecule has 2 heteroatoms. The van der Waals surface area contributed by atoms with Crippen LogP contribution in [0.3, 0.4) is 0 Å². The topological polar surface area (TPSA) is 32.3 Å². The van der Waals surface area contributed by atoms with Crippen molar-refractivity contribution in [3.05, 3.63) is 35.4 Å². The Morgan fingerprint density at radius 1 is 1.18 bits per heavy atom. The van der Waals surface area contributed by atoms with Gasteiger partial charge in [0, 0.05) is 12.6 Å². The summed E-state index contributed by atoms with van der Waals surface area (Å²) in [5.41, 5.74) is 2.78. The van der Waals surface area contributed by atoms with Crippen LogP contribution < -0.4 is 5.32 Å². The third-order valence-corrected chi connectivity index (χ3v) is 3.78. The van der Waals surface area contributed by atoms with Crippen LogP contribution in [0.2, 0.25) is 0 Å². The number of nitrogens with one attached hydrogen (secondary N) is 1. The number of aliphatic hydroxyl groups is 1. The first-order valence-electron chi connectivity index (χ1n) is 6.79. The molecule has 2 rings (SSSR count). The molecule has 1 saturated carbocycles. The van der Waals surface area contributed by atoms with Gasteiger partial charge < -0.3 is 10.4 Å². The zero-order valence-electron chi connectivity index (χ0n) is 10.7. The second-order valence-electron chi connectivity index (χ2n) is 4.96. The molecule has 1 aromatic carbocycles. The number of hydrogen-bond acceptors (Lipinski definition) is 2. The van der Waals surface area contributed by atoms with E-state index in [0.717, 1.165) is 25.8 Å². The molecule has 1 fully saturated rings. The highest BCUT2D eigenvalue weighted by Crippen LogP contribution is 2.19. The van der Waals surface area contributed by atoms with Crippen LogP contribution in [0.4, 0.5) is 0 Å². The Hall–Kier alpha value is -0.860. The minimum Gasteiger partial charge on any atom is -0.392 e. The Balaban J connectivity index is 1.92. The first-order chi connectivity index (χ1) is 8.31. The Kier molecular flexibility index (Phi) is 4.57. The number of hydrogen-bond donors (Lipinski definition) is 2. The maximum absolute atomic E-state index is 9.91. The highest BCUT2D eigenvalue weighted by atomic mass is 16.3. The van der Waals surface area contributed by atoms with Gasteiger partial charge in [-0.3, -0.25) is 0 Å². The first kappa shape index (κ1) is 12.6. The Labute approximate surface area is 104 Å². The average Bonchev–Trinajstić information content (AvgIpc) is 2.38. The summed E-state index contributed by atoms with van der Waals surface area (Å²) in [7, 11) is 0. The summed E-state index contributed by atoms with van der Waals surface area (Å²) in [6.07, 6.45) is 5.39. The molecule has 0 spiro atoms. The van der Waals surface area contributed by atoms with Crippen molar-refractivity contribution in [3.8, 4) is 0 Å². The van der Waals surface area contributed by atoms with Crippen LogP contribution in [0, 0.1) is 0 Å². The normalized spacial score (nSPS) is 24.8. The SMILES string of the molecule is CCc1ccccc1CNC1CCCCC1O. The third-order valence-electron chi connectivity index (χ3n) is 3.78. The van der Waals surface area contributed by atoms with Crippen molar-refractivity contribution in [1.82, 2.24) is 5.32 Å². The van der Waals surface area contributed by atoms with E-state index in [2.05, 4.69) is 36.5 Å². The lowest BCUT2D eigenvalue weighted by atomic mass is 9.92. The maximum Gasteiger partial charge on any atom is 0.0693 e. The van der Waals surface area contributed by atoms with Gasteiger partial charge in [-0.05, 0) is 30.4 Å². The molecule has 0 heterocycles. The Bertz CT molecular complexity index is 351. The number of benzene rings is 1. The van der Waals surface area contributed by atoms with Gasteiger partial charge in [0.1, 0.15) is 0 Å². The Morgan fingerprint density at radius 3 is 2.59 bits per heavy atom. The predicted molar refractivity (Wildman–Crippen MR) is 70.9 cm³/mol. The fourth-order valence-electron chi connectivity index (χ4n) is 2.67. The zero-order chi connectivity index (χ0) is 12.1. The van der Waals surface area contributed by atoms with E-state index in [-0.39, 0.29) is 12.1 Å². The van der Waals surface area contributed by atoms with Crippen molar-refractivity contribution < 1.29 is 5.11 Å². The summed E-state index contributed by atoms with van der Waals surface area (Å²) in [5.74, 6) is 0. The molecular formula is C15H23NO. The molecule has 1 aliphatic rings. The highest BCUT2D eigenvalue weighted by Gasteiger charge is 2.22. The van der Waals surface area contributed by atoms with E-state index < -0.39 is 0 Å². The first-order valence-corrected chi connectivity index (χ1v) is 6.79. The maximum atomic E-state index is 9.91. The quantitative estimate of drug-likeness (QED) is 0.838. The van der Waals surface area contributed by atoms with E-state index in [1.807, 2.05) is 0 Å². The molecule has 2 nitrogen and oxygen atoms in total. The van der Waals surface area contributed by atoms with Crippen LogP contribution in [-0.4, -0.2) is 17.3 Å². The van der Waals surface area contributed by atoms with Crippen molar-refractivity contribution in [2.45, 2.75) is 57.7 Å². The number of aliphatic hydroxyl groups excluding tert-OH is 1. The lowest BCUT2D eigenvalue weighted by molar-refractivity contribution is 0.0902. The van der Waals surface area contributed by atoms with Crippen molar-refractivity contribution in [1.29, 1.82) is 0 Å². The molecule has 0 bridgehead atoms. The molecule has 17 heavy (non-hydrogen) atoms. The van der Waals surface area contributed by atoms with Crippen molar-refractivity contribution >= 4 is 0 Å². The van der Waals surface area contributed by atoms with E-state index in [0.29, 0.717) is 0 Å². The van der Waals surface area contributed by atoms with Gasteiger partial charge in [-0.1, -0.05) is 44.0 Å². The summed E-state index contributed by atoms with van der Waals surface area (Å²) < 4.78 is 0. The van der Waals surface area contributed by atoms with Crippen LogP contribution in [0.1, 0.15) is 43.7 Å². The van der Waals surface area contributed by atoms with Crippen LogP contribution in [0.25, 0.3) is 0 Å². The molecule has 94 valence electrons. The third kappa shape index (κ3) is 3.30. The standard InChI is InChI=1S/C15H23NO/c1-2-12-7-3-4-8-13(12)11-16-14-9-5-6-10-15(14)17/h3-4,7-8,14-17H,2,5-6,9-11H2,1H3. The molecule has 1 aliphatic carbocycles. The van der Waals surface area contributed by atoms with Crippen LogP contribution in [0.5, 0.6) is 0 Å². The van der Waals surface area contributed by atoms with E-state index in [1.54, 1.807) is 0 Å². The fourth-order valence-corrected chi connectivity index (χ4v) is 2.67. The molecule has 0 radical (unpaired) electrons. The van der Waals surface area contributed by atoms with Gasteiger partial charge >= 0.3 is 0 Å². The Morgan fingerprint density at radius 2 is 1.88 bits per heavy atom. The lowest BCUT2D eigenvalue weighted by Crippen LogP contribution is -2.41. The molecule has 0 aliphatic heterocycles. The summed E-state index contributed by atoms with van der Waals surface area (Å²) in [5, 5.41) is 13.4. The van der Waals surface area contributed by atoms with Crippen LogP contribution in [0.15, 0.2) is 24.3 Å². The lowest BCUT2D eigenvalue weighted by Gasteiger charge is -2.28. The van der Waals surface area contributed by atoms with Gasteiger partial charge in [-0.15, -0.1) is 0 Å². The molecule has 2 atom stereocenters. The summed E-state index contributed by atoms with van der Waals surface area (Å²) in [6, 6.07) is 8.84. The molecule has 1 aromatic rings. The summed E-state index contributed by atoms with van der Waals surface area (Å²) >= 11 is 0. The van der Waals surface area contributed by atoms with Gasteiger partial charge in [0.15, 0.2) is 0 Å². The second kappa shape index (κ2) is 6.18. The monoisotopic (exact) mass is 233 g/mol. The van der Waals surface area contributed by atoms with Gasteiger partial charge in [0.05, 0.1) is 6.10 Å². The molecule has 0 aromatic heterocycles. The van der Waals surface area contributed by atoms with E-state index in [1.165, 1.54) is 24.0 Å². The second-order valence-corrected chi connectivity index (χ2v) is 4.96. The molecule has 2 unspecified atom stereocenters. The average molecular weight is 233 g/mol. The van der Waals surface area contributed by atoms with Crippen LogP contribution in [-0.2, 0) is 13.0 Å². The zero-order valence-corrected chi connectivity index (χ0v) is 10.7. The molecule has 2 N–H and O–H groups in total. The van der Waals surface area contributed by atoms with Gasteiger partial charge in [0.25, 0.3) is 0 Å². The molecule has 0 amide bonds. The minimum absolute atomic E-state index is 0.155. The van der Waals surface area contributed by atoms with E-state index >= 15 is 0 Å².